The third-order valence-electron chi connectivity index (χ3n) is 1.81. The second-order valence-electron chi connectivity index (χ2n) is 2.97. The van der Waals surface area contributed by atoms with E-state index in [0.29, 0.717) is 21.7 Å². The quantitative estimate of drug-likeness (QED) is 0.782. The van der Waals surface area contributed by atoms with E-state index < -0.39 is 0 Å². The maximum atomic E-state index is 6.02. The predicted octanol–water partition coefficient (Wildman–Crippen LogP) is 4.94. The van der Waals surface area contributed by atoms with Gasteiger partial charge in [-0.2, -0.15) is 0 Å². The molecule has 16 heavy (non-hydrogen) atoms. The Morgan fingerprint density at radius 3 is 2.38 bits per heavy atom. The summed E-state index contributed by atoms with van der Waals surface area (Å²) in [6.45, 7) is 0. The van der Waals surface area contributed by atoms with Crippen LogP contribution in [0.25, 0.3) is 0 Å². The van der Waals surface area contributed by atoms with Gasteiger partial charge < -0.3 is 4.74 Å². The Hall–Kier alpha value is -0.770. The van der Waals surface area contributed by atoms with E-state index in [2.05, 4.69) is 20.9 Å². The summed E-state index contributed by atoms with van der Waals surface area (Å²) in [5, 5.41) is 0.870. The zero-order chi connectivity index (χ0) is 11.5. The first-order chi connectivity index (χ1) is 7.66. The molecule has 0 bridgehead atoms. The lowest BCUT2D eigenvalue weighted by Crippen LogP contribution is -1.89. The highest BCUT2D eigenvalue weighted by atomic mass is 79.9. The van der Waals surface area contributed by atoms with Gasteiger partial charge in [0.25, 0.3) is 0 Å². The Morgan fingerprint density at radius 2 is 1.81 bits per heavy atom. The van der Waals surface area contributed by atoms with Crippen LogP contribution in [0.3, 0.4) is 0 Å². The van der Waals surface area contributed by atoms with Gasteiger partial charge in [-0.05, 0) is 18.2 Å². The molecule has 2 aromatic rings. The van der Waals surface area contributed by atoms with Crippen LogP contribution in [0, 0.1) is 0 Å². The zero-order valence-corrected chi connectivity index (χ0v) is 11.1. The van der Waals surface area contributed by atoms with Crippen molar-refractivity contribution >= 4 is 39.1 Å². The predicted molar refractivity (Wildman–Crippen MR) is 68.5 cm³/mol. The molecule has 0 saturated heterocycles. The number of rotatable bonds is 2. The van der Waals surface area contributed by atoms with Crippen LogP contribution in [0.2, 0.25) is 10.0 Å². The van der Waals surface area contributed by atoms with E-state index in [9.17, 15) is 0 Å². The van der Waals surface area contributed by atoms with E-state index in [-0.39, 0.29) is 0 Å². The van der Waals surface area contributed by atoms with Gasteiger partial charge in [-0.3, -0.25) is 0 Å². The van der Waals surface area contributed by atoms with E-state index in [1.165, 1.54) is 0 Å². The lowest BCUT2D eigenvalue weighted by Gasteiger charge is -2.08. The molecule has 0 spiro atoms. The van der Waals surface area contributed by atoms with Gasteiger partial charge in [0.15, 0.2) is 5.75 Å². The standard InChI is InChI=1S/C11H6BrCl2NO/c12-7-5-8(13)11(9(14)6-7)16-10-3-1-2-4-15-10/h1-6H. The number of halogens is 3. The van der Waals surface area contributed by atoms with Gasteiger partial charge in [0.1, 0.15) is 0 Å². The van der Waals surface area contributed by atoms with Crippen molar-refractivity contribution in [2.24, 2.45) is 0 Å². The maximum Gasteiger partial charge on any atom is 0.219 e. The number of nitrogens with zero attached hydrogens (tertiary/aromatic N) is 1. The molecule has 82 valence electrons. The summed E-state index contributed by atoms with van der Waals surface area (Å²) in [6, 6.07) is 8.78. The minimum atomic E-state index is 0.408. The fourth-order valence-corrected chi connectivity index (χ4v) is 2.42. The number of ether oxygens (including phenoxy) is 1. The SMILES string of the molecule is Clc1cc(Br)cc(Cl)c1Oc1ccccn1. The molecule has 0 amide bonds. The highest BCUT2D eigenvalue weighted by molar-refractivity contribution is 9.10. The van der Waals surface area contributed by atoms with Crippen LogP contribution in [-0.2, 0) is 0 Å². The fourth-order valence-electron chi connectivity index (χ4n) is 1.14. The molecule has 5 heteroatoms. The Kier molecular flexibility index (Phi) is 3.69. The molecule has 1 heterocycles. The monoisotopic (exact) mass is 317 g/mol. The summed E-state index contributed by atoms with van der Waals surface area (Å²) >= 11 is 15.3. The average Bonchev–Trinajstić information content (AvgIpc) is 2.25. The van der Waals surface area contributed by atoms with Crippen molar-refractivity contribution in [2.75, 3.05) is 0 Å². The molecule has 0 saturated carbocycles. The van der Waals surface area contributed by atoms with Crippen molar-refractivity contribution in [1.29, 1.82) is 0 Å². The topological polar surface area (TPSA) is 22.1 Å². The molecule has 0 fully saturated rings. The molecule has 1 aromatic heterocycles. The summed E-state index contributed by atoms with van der Waals surface area (Å²) in [4.78, 5) is 4.03. The molecule has 0 aliphatic heterocycles. The van der Waals surface area contributed by atoms with Crippen LogP contribution in [0.4, 0.5) is 0 Å². The summed E-state index contributed by atoms with van der Waals surface area (Å²) < 4.78 is 6.30. The minimum Gasteiger partial charge on any atom is -0.436 e. The Labute approximate surface area is 111 Å². The summed E-state index contributed by atoms with van der Waals surface area (Å²) in [5.74, 6) is 0.860. The number of aromatic nitrogens is 1. The smallest absolute Gasteiger partial charge is 0.219 e. The molecule has 0 atom stereocenters. The highest BCUT2D eigenvalue weighted by Gasteiger charge is 2.10. The van der Waals surface area contributed by atoms with E-state index in [4.69, 9.17) is 27.9 Å². The first kappa shape index (κ1) is 11.7. The van der Waals surface area contributed by atoms with Gasteiger partial charge >= 0.3 is 0 Å². The summed E-state index contributed by atoms with van der Waals surface area (Å²) in [6.07, 6.45) is 1.63. The van der Waals surface area contributed by atoms with Crippen LogP contribution in [0.15, 0.2) is 41.0 Å². The molecule has 0 aliphatic carbocycles. The number of benzene rings is 1. The molecule has 2 nitrogen and oxygen atoms in total. The fraction of sp³-hybridized carbons (Fsp3) is 0. The van der Waals surface area contributed by atoms with E-state index in [0.717, 1.165) is 4.47 Å². The number of hydrogen-bond acceptors (Lipinski definition) is 2. The van der Waals surface area contributed by atoms with Crippen molar-refractivity contribution < 1.29 is 4.74 Å². The zero-order valence-electron chi connectivity index (χ0n) is 7.95. The molecule has 1 aromatic carbocycles. The third kappa shape index (κ3) is 2.67. The van der Waals surface area contributed by atoms with Crippen LogP contribution in [0.5, 0.6) is 11.6 Å². The molecule has 0 N–H and O–H groups in total. The van der Waals surface area contributed by atoms with Crippen molar-refractivity contribution in [1.82, 2.24) is 4.98 Å². The van der Waals surface area contributed by atoms with Gasteiger partial charge in [0.05, 0.1) is 10.0 Å². The van der Waals surface area contributed by atoms with Gasteiger partial charge in [0.2, 0.25) is 5.88 Å². The lowest BCUT2D eigenvalue weighted by atomic mass is 10.3. The Bertz CT molecular complexity index is 482. The van der Waals surface area contributed by atoms with Crippen LogP contribution < -0.4 is 4.74 Å². The average molecular weight is 319 g/mol. The van der Waals surface area contributed by atoms with Crippen LogP contribution in [-0.4, -0.2) is 4.98 Å². The molecule has 0 aliphatic rings. The Balaban J connectivity index is 2.35. The Morgan fingerprint density at radius 1 is 1.12 bits per heavy atom. The number of hydrogen-bond donors (Lipinski definition) is 0. The third-order valence-corrected chi connectivity index (χ3v) is 2.83. The first-order valence-corrected chi connectivity index (χ1v) is 5.95. The molecule has 0 radical (unpaired) electrons. The van der Waals surface area contributed by atoms with Crippen molar-refractivity contribution in [3.8, 4) is 11.6 Å². The largest absolute Gasteiger partial charge is 0.436 e. The van der Waals surface area contributed by atoms with Crippen molar-refractivity contribution in [2.45, 2.75) is 0 Å². The maximum absolute atomic E-state index is 6.02. The van der Waals surface area contributed by atoms with E-state index in [1.54, 1.807) is 30.5 Å². The molecule has 0 unspecified atom stereocenters. The number of pyridine rings is 1. The van der Waals surface area contributed by atoms with Crippen molar-refractivity contribution in [3.63, 3.8) is 0 Å². The lowest BCUT2D eigenvalue weighted by molar-refractivity contribution is 0.463. The summed E-state index contributed by atoms with van der Waals surface area (Å²) in [7, 11) is 0. The second kappa shape index (κ2) is 5.04. The summed E-state index contributed by atoms with van der Waals surface area (Å²) in [5.41, 5.74) is 0. The van der Waals surface area contributed by atoms with Crippen LogP contribution in [0.1, 0.15) is 0 Å². The van der Waals surface area contributed by atoms with Crippen molar-refractivity contribution in [3.05, 3.63) is 51.0 Å². The van der Waals surface area contributed by atoms with Crippen LogP contribution >= 0.6 is 39.1 Å². The molecular weight excluding hydrogens is 313 g/mol. The normalized spacial score (nSPS) is 10.2. The minimum absolute atomic E-state index is 0.408. The van der Waals surface area contributed by atoms with E-state index in [1.807, 2.05) is 6.07 Å². The van der Waals surface area contributed by atoms with Gasteiger partial charge in [0, 0.05) is 16.7 Å². The van der Waals surface area contributed by atoms with E-state index >= 15 is 0 Å². The second-order valence-corrected chi connectivity index (χ2v) is 4.70. The van der Waals surface area contributed by atoms with Gasteiger partial charge in [-0.15, -0.1) is 0 Å². The molecular formula is C11H6BrCl2NO. The van der Waals surface area contributed by atoms with Gasteiger partial charge in [-0.25, -0.2) is 4.98 Å². The van der Waals surface area contributed by atoms with Gasteiger partial charge in [-0.1, -0.05) is 45.2 Å². The molecule has 2 rings (SSSR count). The first-order valence-electron chi connectivity index (χ1n) is 4.40. The highest BCUT2D eigenvalue weighted by Crippen LogP contribution is 2.38.